The Bertz CT molecular complexity index is 355. The molecule has 0 saturated heterocycles. The van der Waals surface area contributed by atoms with Crippen LogP contribution in [0.2, 0.25) is 0 Å². The average molecular weight is 238 g/mol. The summed E-state index contributed by atoms with van der Waals surface area (Å²) in [7, 11) is 0. The SMILES string of the molecule is CC(CN)CSCc1ccccc1C(N)=O. The van der Waals surface area contributed by atoms with E-state index in [1.165, 1.54) is 0 Å². The van der Waals surface area contributed by atoms with E-state index >= 15 is 0 Å². The van der Waals surface area contributed by atoms with Gasteiger partial charge in [0.05, 0.1) is 0 Å². The van der Waals surface area contributed by atoms with Crippen molar-refractivity contribution in [2.45, 2.75) is 12.7 Å². The number of carbonyl (C=O) groups is 1. The van der Waals surface area contributed by atoms with Crippen LogP contribution in [0.3, 0.4) is 0 Å². The van der Waals surface area contributed by atoms with Crippen molar-refractivity contribution in [3.05, 3.63) is 35.4 Å². The normalized spacial score (nSPS) is 12.4. The van der Waals surface area contributed by atoms with Crippen molar-refractivity contribution in [1.29, 1.82) is 0 Å². The molecule has 1 aromatic rings. The summed E-state index contributed by atoms with van der Waals surface area (Å²) in [6.45, 7) is 2.82. The zero-order chi connectivity index (χ0) is 12.0. The Morgan fingerprint density at radius 3 is 2.75 bits per heavy atom. The molecule has 3 nitrogen and oxygen atoms in total. The molecule has 0 aliphatic carbocycles. The smallest absolute Gasteiger partial charge is 0.249 e. The number of amides is 1. The summed E-state index contributed by atoms with van der Waals surface area (Å²) in [5, 5.41) is 0. The molecular formula is C12H18N2OS. The Morgan fingerprint density at radius 2 is 2.12 bits per heavy atom. The standard InChI is InChI=1S/C12H18N2OS/c1-9(6-13)7-16-8-10-4-2-3-5-11(10)12(14)15/h2-5,9H,6-8,13H2,1H3,(H2,14,15). The van der Waals surface area contributed by atoms with Crippen molar-refractivity contribution in [2.24, 2.45) is 17.4 Å². The number of benzene rings is 1. The molecule has 1 atom stereocenters. The maximum absolute atomic E-state index is 11.2. The molecule has 4 N–H and O–H groups in total. The zero-order valence-corrected chi connectivity index (χ0v) is 10.3. The van der Waals surface area contributed by atoms with E-state index in [-0.39, 0.29) is 5.91 Å². The first kappa shape index (κ1) is 13.1. The van der Waals surface area contributed by atoms with Gasteiger partial charge in [0.2, 0.25) is 5.91 Å². The first-order valence-electron chi connectivity index (χ1n) is 5.30. The van der Waals surface area contributed by atoms with Gasteiger partial charge in [0.15, 0.2) is 0 Å². The van der Waals surface area contributed by atoms with Gasteiger partial charge < -0.3 is 11.5 Å². The number of hydrogen-bond donors (Lipinski definition) is 2. The Hall–Kier alpha value is -1.00. The molecule has 0 heterocycles. The van der Waals surface area contributed by atoms with Crippen molar-refractivity contribution in [3.8, 4) is 0 Å². The molecule has 1 rings (SSSR count). The predicted octanol–water partition coefficient (Wildman–Crippen LogP) is 1.61. The van der Waals surface area contributed by atoms with Gasteiger partial charge in [-0.25, -0.2) is 0 Å². The van der Waals surface area contributed by atoms with Crippen molar-refractivity contribution in [1.82, 2.24) is 0 Å². The fraction of sp³-hybridized carbons (Fsp3) is 0.417. The molecule has 0 saturated carbocycles. The molecule has 1 aromatic carbocycles. The van der Waals surface area contributed by atoms with E-state index in [0.717, 1.165) is 17.1 Å². The molecular weight excluding hydrogens is 220 g/mol. The number of rotatable bonds is 6. The monoisotopic (exact) mass is 238 g/mol. The summed E-state index contributed by atoms with van der Waals surface area (Å²) in [6, 6.07) is 7.47. The average Bonchev–Trinajstić information content (AvgIpc) is 2.29. The van der Waals surface area contributed by atoms with Crippen molar-refractivity contribution in [2.75, 3.05) is 12.3 Å². The molecule has 88 valence electrons. The highest BCUT2D eigenvalue weighted by Gasteiger charge is 2.07. The highest BCUT2D eigenvalue weighted by Crippen LogP contribution is 2.18. The summed E-state index contributed by atoms with van der Waals surface area (Å²) in [5.41, 5.74) is 12.5. The van der Waals surface area contributed by atoms with Crippen LogP contribution in [-0.2, 0) is 5.75 Å². The first-order chi connectivity index (χ1) is 7.65. The van der Waals surface area contributed by atoms with Gasteiger partial charge in [-0.3, -0.25) is 4.79 Å². The number of nitrogens with two attached hydrogens (primary N) is 2. The minimum absolute atomic E-state index is 0.358. The third-order valence-corrected chi connectivity index (χ3v) is 3.66. The van der Waals surface area contributed by atoms with Crippen LogP contribution in [0.5, 0.6) is 0 Å². The van der Waals surface area contributed by atoms with Crippen LogP contribution in [0.1, 0.15) is 22.8 Å². The van der Waals surface area contributed by atoms with Gasteiger partial charge in [-0.05, 0) is 29.8 Å². The number of thioether (sulfide) groups is 1. The van der Waals surface area contributed by atoms with Gasteiger partial charge in [0, 0.05) is 11.3 Å². The molecule has 4 heteroatoms. The van der Waals surface area contributed by atoms with Gasteiger partial charge in [-0.15, -0.1) is 0 Å². The highest BCUT2D eigenvalue weighted by atomic mass is 32.2. The second kappa shape index (κ2) is 6.55. The Kier molecular flexibility index (Phi) is 5.35. The van der Waals surface area contributed by atoms with Crippen LogP contribution in [0.15, 0.2) is 24.3 Å². The minimum Gasteiger partial charge on any atom is -0.366 e. The van der Waals surface area contributed by atoms with E-state index < -0.39 is 0 Å². The lowest BCUT2D eigenvalue weighted by Crippen LogP contribution is -2.14. The van der Waals surface area contributed by atoms with E-state index in [2.05, 4.69) is 6.92 Å². The largest absolute Gasteiger partial charge is 0.366 e. The third-order valence-electron chi connectivity index (χ3n) is 2.35. The predicted molar refractivity (Wildman–Crippen MR) is 69.3 cm³/mol. The summed E-state index contributed by atoms with van der Waals surface area (Å²) in [6.07, 6.45) is 0. The Balaban J connectivity index is 2.56. The van der Waals surface area contributed by atoms with Crippen molar-refractivity contribution < 1.29 is 4.79 Å². The molecule has 16 heavy (non-hydrogen) atoms. The highest BCUT2D eigenvalue weighted by molar-refractivity contribution is 7.98. The van der Waals surface area contributed by atoms with Crippen LogP contribution in [0.4, 0.5) is 0 Å². The number of primary amides is 1. The van der Waals surface area contributed by atoms with Gasteiger partial charge in [-0.2, -0.15) is 11.8 Å². The van der Waals surface area contributed by atoms with E-state index in [1.54, 1.807) is 17.8 Å². The van der Waals surface area contributed by atoms with Crippen molar-refractivity contribution in [3.63, 3.8) is 0 Å². The summed E-state index contributed by atoms with van der Waals surface area (Å²) < 4.78 is 0. The van der Waals surface area contributed by atoms with Gasteiger partial charge in [-0.1, -0.05) is 25.1 Å². The lowest BCUT2D eigenvalue weighted by molar-refractivity contribution is 0.0999. The fourth-order valence-electron chi connectivity index (χ4n) is 1.32. The molecule has 0 aliphatic heterocycles. The van der Waals surface area contributed by atoms with Crippen LogP contribution in [0.25, 0.3) is 0 Å². The lowest BCUT2D eigenvalue weighted by Gasteiger charge is -2.09. The zero-order valence-electron chi connectivity index (χ0n) is 9.48. The van der Waals surface area contributed by atoms with Crippen LogP contribution in [-0.4, -0.2) is 18.2 Å². The second-order valence-corrected chi connectivity index (χ2v) is 4.91. The van der Waals surface area contributed by atoms with E-state index in [0.29, 0.717) is 18.0 Å². The topological polar surface area (TPSA) is 69.1 Å². The molecule has 0 spiro atoms. The molecule has 0 aromatic heterocycles. The van der Waals surface area contributed by atoms with E-state index in [9.17, 15) is 4.79 Å². The van der Waals surface area contributed by atoms with Gasteiger partial charge in [0.25, 0.3) is 0 Å². The molecule has 0 fully saturated rings. The molecule has 0 bridgehead atoms. The molecule has 0 radical (unpaired) electrons. The van der Waals surface area contributed by atoms with Crippen LogP contribution in [0, 0.1) is 5.92 Å². The Morgan fingerprint density at radius 1 is 1.44 bits per heavy atom. The van der Waals surface area contributed by atoms with E-state index in [4.69, 9.17) is 11.5 Å². The maximum Gasteiger partial charge on any atom is 0.249 e. The lowest BCUT2D eigenvalue weighted by atomic mass is 10.1. The van der Waals surface area contributed by atoms with Crippen LogP contribution >= 0.6 is 11.8 Å². The van der Waals surface area contributed by atoms with Gasteiger partial charge in [0.1, 0.15) is 0 Å². The molecule has 0 aliphatic rings. The van der Waals surface area contributed by atoms with Gasteiger partial charge >= 0.3 is 0 Å². The summed E-state index contributed by atoms with van der Waals surface area (Å²) in [5.74, 6) is 1.96. The third kappa shape index (κ3) is 3.87. The van der Waals surface area contributed by atoms with Crippen molar-refractivity contribution >= 4 is 17.7 Å². The quantitative estimate of drug-likeness (QED) is 0.791. The Labute approximate surface area is 101 Å². The summed E-state index contributed by atoms with van der Waals surface area (Å²) in [4.78, 5) is 11.2. The van der Waals surface area contributed by atoms with E-state index in [1.807, 2.05) is 18.2 Å². The molecule has 1 unspecified atom stereocenters. The fourth-order valence-corrected chi connectivity index (χ4v) is 2.45. The second-order valence-electron chi connectivity index (χ2n) is 3.88. The minimum atomic E-state index is -0.358. The first-order valence-corrected chi connectivity index (χ1v) is 6.46. The summed E-state index contributed by atoms with van der Waals surface area (Å²) >= 11 is 1.78. The number of hydrogen-bond acceptors (Lipinski definition) is 3. The maximum atomic E-state index is 11.2. The van der Waals surface area contributed by atoms with Crippen LogP contribution < -0.4 is 11.5 Å². The molecule has 1 amide bonds. The number of carbonyl (C=O) groups excluding carboxylic acids is 1.